The first kappa shape index (κ1) is 9.30. The van der Waals surface area contributed by atoms with Crippen LogP contribution in [0.1, 0.15) is 12.0 Å². The Morgan fingerprint density at radius 1 is 1.57 bits per heavy atom. The van der Waals surface area contributed by atoms with Gasteiger partial charge in [-0.3, -0.25) is 5.84 Å². The van der Waals surface area contributed by atoms with Gasteiger partial charge in [0.25, 0.3) is 0 Å². The summed E-state index contributed by atoms with van der Waals surface area (Å²) in [6.45, 7) is 0. The number of anilines is 1. The first-order chi connectivity index (χ1) is 6.83. The second-order valence-corrected chi connectivity index (χ2v) is 3.43. The van der Waals surface area contributed by atoms with Gasteiger partial charge in [0.15, 0.2) is 0 Å². The van der Waals surface area contributed by atoms with E-state index in [0.717, 1.165) is 24.3 Å². The van der Waals surface area contributed by atoms with E-state index in [-0.39, 0.29) is 6.17 Å². The van der Waals surface area contributed by atoms with Crippen molar-refractivity contribution < 1.29 is 4.74 Å². The van der Waals surface area contributed by atoms with Crippen LogP contribution in [-0.4, -0.2) is 13.3 Å². The third-order valence-electron chi connectivity index (χ3n) is 2.55. The summed E-state index contributed by atoms with van der Waals surface area (Å²) in [4.78, 5) is 0. The van der Waals surface area contributed by atoms with Gasteiger partial charge in [-0.25, -0.2) is 5.43 Å². The number of nitrogens with two attached hydrogens (primary N) is 1. The molecule has 0 aromatic heterocycles. The van der Waals surface area contributed by atoms with Crippen LogP contribution in [0.5, 0.6) is 5.75 Å². The number of fused-ring (bicyclic) bond motifs is 1. The summed E-state index contributed by atoms with van der Waals surface area (Å²) in [6, 6.07) is 6.04. The molecule has 0 radical (unpaired) electrons. The lowest BCUT2D eigenvalue weighted by Crippen LogP contribution is -2.43. The molecule has 0 aliphatic carbocycles. The van der Waals surface area contributed by atoms with E-state index in [1.807, 2.05) is 12.1 Å². The second-order valence-electron chi connectivity index (χ2n) is 3.43. The molecule has 1 aliphatic heterocycles. The Balaban J connectivity index is 2.23. The average molecular weight is 193 g/mol. The molecule has 1 atom stereocenters. The molecule has 2 rings (SSSR count). The summed E-state index contributed by atoms with van der Waals surface area (Å²) in [5.41, 5.74) is 5.16. The summed E-state index contributed by atoms with van der Waals surface area (Å²) in [7, 11) is 1.68. The lowest BCUT2D eigenvalue weighted by Gasteiger charge is -2.26. The summed E-state index contributed by atoms with van der Waals surface area (Å²) >= 11 is 0. The van der Waals surface area contributed by atoms with E-state index in [1.165, 1.54) is 5.56 Å². The van der Waals surface area contributed by atoms with E-state index in [4.69, 9.17) is 10.6 Å². The lowest BCUT2D eigenvalue weighted by atomic mass is 10.0. The molecule has 14 heavy (non-hydrogen) atoms. The quantitative estimate of drug-likeness (QED) is 0.481. The molecule has 1 heterocycles. The van der Waals surface area contributed by atoms with Crippen molar-refractivity contribution in [1.82, 2.24) is 5.43 Å². The van der Waals surface area contributed by atoms with Crippen molar-refractivity contribution in [1.29, 1.82) is 0 Å². The first-order valence-electron chi connectivity index (χ1n) is 4.73. The minimum absolute atomic E-state index is 0.177. The van der Waals surface area contributed by atoms with Crippen LogP contribution >= 0.6 is 0 Å². The van der Waals surface area contributed by atoms with Gasteiger partial charge in [-0.15, -0.1) is 0 Å². The number of ether oxygens (including phenoxy) is 1. The SMILES string of the molecule is COc1ccc2c(c1)CCC(NN)N2. The lowest BCUT2D eigenvalue weighted by molar-refractivity contribution is 0.413. The molecule has 4 nitrogen and oxygen atoms in total. The van der Waals surface area contributed by atoms with Gasteiger partial charge in [0.1, 0.15) is 5.75 Å². The Morgan fingerprint density at radius 2 is 2.43 bits per heavy atom. The van der Waals surface area contributed by atoms with Gasteiger partial charge >= 0.3 is 0 Å². The van der Waals surface area contributed by atoms with Gasteiger partial charge in [0, 0.05) is 5.69 Å². The number of benzene rings is 1. The molecular formula is C10H15N3O. The standard InChI is InChI=1S/C10H15N3O/c1-14-8-3-4-9-7(6-8)2-5-10(12-9)13-11/h3-4,6,10,12-13H,2,5,11H2,1H3. The van der Waals surface area contributed by atoms with E-state index >= 15 is 0 Å². The molecule has 1 aromatic rings. The van der Waals surface area contributed by atoms with E-state index in [1.54, 1.807) is 7.11 Å². The summed E-state index contributed by atoms with van der Waals surface area (Å²) in [6.07, 6.45) is 2.20. The monoisotopic (exact) mass is 193 g/mol. The summed E-state index contributed by atoms with van der Waals surface area (Å²) < 4.78 is 5.17. The smallest absolute Gasteiger partial charge is 0.119 e. The summed E-state index contributed by atoms with van der Waals surface area (Å²) in [5, 5.41) is 3.31. The minimum atomic E-state index is 0.177. The molecule has 0 fully saturated rings. The van der Waals surface area contributed by atoms with Crippen molar-refractivity contribution in [3.8, 4) is 5.75 Å². The first-order valence-corrected chi connectivity index (χ1v) is 4.73. The maximum Gasteiger partial charge on any atom is 0.119 e. The van der Waals surface area contributed by atoms with Gasteiger partial charge in [-0.2, -0.15) is 0 Å². The van der Waals surface area contributed by atoms with E-state index in [2.05, 4.69) is 16.8 Å². The Kier molecular flexibility index (Phi) is 2.56. The van der Waals surface area contributed by atoms with Crippen LogP contribution in [0.25, 0.3) is 0 Å². The van der Waals surface area contributed by atoms with Gasteiger partial charge in [0.05, 0.1) is 13.3 Å². The Morgan fingerprint density at radius 3 is 3.14 bits per heavy atom. The highest BCUT2D eigenvalue weighted by Gasteiger charge is 2.16. The molecule has 0 bridgehead atoms. The zero-order valence-electron chi connectivity index (χ0n) is 8.21. The number of hydrazine groups is 1. The van der Waals surface area contributed by atoms with Crippen molar-refractivity contribution >= 4 is 5.69 Å². The van der Waals surface area contributed by atoms with Crippen LogP contribution in [0.15, 0.2) is 18.2 Å². The number of rotatable bonds is 2. The highest BCUT2D eigenvalue weighted by Crippen LogP contribution is 2.27. The Labute approximate surface area is 83.4 Å². The topological polar surface area (TPSA) is 59.3 Å². The fraction of sp³-hybridized carbons (Fsp3) is 0.400. The maximum absolute atomic E-state index is 5.38. The molecule has 76 valence electrons. The number of methoxy groups -OCH3 is 1. The van der Waals surface area contributed by atoms with Crippen molar-refractivity contribution in [2.45, 2.75) is 19.0 Å². The van der Waals surface area contributed by atoms with Gasteiger partial charge in [-0.1, -0.05) is 0 Å². The van der Waals surface area contributed by atoms with Crippen molar-refractivity contribution in [2.75, 3.05) is 12.4 Å². The summed E-state index contributed by atoms with van der Waals surface area (Å²) in [5.74, 6) is 6.29. The molecule has 0 spiro atoms. The molecule has 4 heteroatoms. The minimum Gasteiger partial charge on any atom is -0.497 e. The van der Waals surface area contributed by atoms with Gasteiger partial charge in [-0.05, 0) is 36.6 Å². The van der Waals surface area contributed by atoms with Crippen molar-refractivity contribution in [3.05, 3.63) is 23.8 Å². The highest BCUT2D eigenvalue weighted by molar-refractivity contribution is 5.56. The molecule has 1 aromatic carbocycles. The zero-order chi connectivity index (χ0) is 9.97. The van der Waals surface area contributed by atoms with E-state index in [0.29, 0.717) is 0 Å². The predicted octanol–water partition coefficient (Wildman–Crippen LogP) is 0.843. The number of nitrogens with one attached hydrogen (secondary N) is 2. The normalized spacial score (nSPS) is 19.7. The highest BCUT2D eigenvalue weighted by atomic mass is 16.5. The maximum atomic E-state index is 5.38. The van der Waals surface area contributed by atoms with Crippen LogP contribution in [0.3, 0.4) is 0 Å². The fourth-order valence-electron chi connectivity index (χ4n) is 1.73. The fourth-order valence-corrected chi connectivity index (χ4v) is 1.73. The number of hydrogen-bond acceptors (Lipinski definition) is 4. The van der Waals surface area contributed by atoms with Crippen molar-refractivity contribution in [2.24, 2.45) is 5.84 Å². The molecule has 0 amide bonds. The largest absolute Gasteiger partial charge is 0.497 e. The number of aryl methyl sites for hydroxylation is 1. The van der Waals surface area contributed by atoms with E-state index < -0.39 is 0 Å². The molecule has 1 unspecified atom stereocenters. The molecule has 0 saturated carbocycles. The van der Waals surface area contributed by atoms with Gasteiger partial charge in [0.2, 0.25) is 0 Å². The van der Waals surface area contributed by atoms with Crippen LogP contribution in [-0.2, 0) is 6.42 Å². The molecule has 4 N–H and O–H groups in total. The average Bonchev–Trinajstić information content (AvgIpc) is 2.27. The molecule has 1 aliphatic rings. The van der Waals surface area contributed by atoms with Crippen LogP contribution in [0.2, 0.25) is 0 Å². The second kappa shape index (κ2) is 3.86. The zero-order valence-corrected chi connectivity index (χ0v) is 8.21. The third kappa shape index (κ3) is 1.66. The third-order valence-corrected chi connectivity index (χ3v) is 2.55. The Hall–Kier alpha value is -1.26. The van der Waals surface area contributed by atoms with Gasteiger partial charge < -0.3 is 10.1 Å². The van der Waals surface area contributed by atoms with E-state index in [9.17, 15) is 0 Å². The molecular weight excluding hydrogens is 178 g/mol. The van der Waals surface area contributed by atoms with Crippen LogP contribution < -0.4 is 21.3 Å². The van der Waals surface area contributed by atoms with Crippen molar-refractivity contribution in [3.63, 3.8) is 0 Å². The number of hydrogen-bond donors (Lipinski definition) is 3. The van der Waals surface area contributed by atoms with Crippen LogP contribution in [0.4, 0.5) is 5.69 Å². The predicted molar refractivity (Wildman–Crippen MR) is 56.0 cm³/mol. The van der Waals surface area contributed by atoms with Crippen LogP contribution in [0, 0.1) is 0 Å². The molecule has 0 saturated heterocycles. The Bertz CT molecular complexity index is 327.